The number of unbranched alkanes of at least 4 members (excludes halogenated alkanes) is 4. The molecule has 0 heterocycles. The normalized spacial score (nSPS) is 13.1. The van der Waals surface area contributed by atoms with Crippen LogP contribution in [0.25, 0.3) is 0 Å². The van der Waals surface area contributed by atoms with Crippen molar-refractivity contribution in [2.24, 2.45) is 5.92 Å². The van der Waals surface area contributed by atoms with Crippen LogP contribution in [0.1, 0.15) is 58.3 Å². The maximum absolute atomic E-state index is 9.07. The lowest BCUT2D eigenvalue weighted by Gasteiger charge is -2.12. The molecule has 2 N–H and O–H groups in total. The zero-order valence-electron chi connectivity index (χ0n) is 9.54. The number of aliphatic hydroxyl groups excluding tert-OH is 2. The van der Waals surface area contributed by atoms with Gasteiger partial charge in [-0.3, -0.25) is 0 Å². The molecule has 0 saturated heterocycles. The molecule has 0 aliphatic carbocycles. The Morgan fingerprint density at radius 2 is 1.50 bits per heavy atom. The van der Waals surface area contributed by atoms with E-state index in [9.17, 15) is 0 Å². The van der Waals surface area contributed by atoms with Gasteiger partial charge in [0.1, 0.15) is 0 Å². The van der Waals surface area contributed by atoms with E-state index in [1.807, 2.05) is 0 Å². The molecule has 0 aliphatic heterocycles. The molecule has 2 heteroatoms. The van der Waals surface area contributed by atoms with Gasteiger partial charge in [-0.2, -0.15) is 0 Å². The largest absolute Gasteiger partial charge is 0.396 e. The molecule has 0 fully saturated rings. The van der Waals surface area contributed by atoms with E-state index < -0.39 is 0 Å². The minimum atomic E-state index is 0.256. The van der Waals surface area contributed by atoms with Crippen LogP contribution in [-0.2, 0) is 0 Å². The summed E-state index contributed by atoms with van der Waals surface area (Å²) in [5, 5.41) is 17.7. The second-order valence-electron chi connectivity index (χ2n) is 4.12. The number of hydrogen-bond donors (Lipinski definition) is 2. The van der Waals surface area contributed by atoms with Crippen LogP contribution in [0.3, 0.4) is 0 Å². The summed E-state index contributed by atoms with van der Waals surface area (Å²) in [6.45, 7) is 2.76. The number of rotatable bonds is 10. The molecule has 0 rings (SSSR count). The maximum Gasteiger partial charge on any atom is 0.0459 e. The van der Waals surface area contributed by atoms with E-state index in [1.165, 1.54) is 32.1 Å². The van der Waals surface area contributed by atoms with E-state index in [-0.39, 0.29) is 13.2 Å². The zero-order valence-corrected chi connectivity index (χ0v) is 9.54. The molecule has 0 aliphatic rings. The molecule has 14 heavy (non-hydrogen) atoms. The highest BCUT2D eigenvalue weighted by Crippen LogP contribution is 2.15. The van der Waals surface area contributed by atoms with Crippen LogP contribution in [0.15, 0.2) is 0 Å². The molecule has 0 spiro atoms. The smallest absolute Gasteiger partial charge is 0.0459 e. The van der Waals surface area contributed by atoms with Gasteiger partial charge in [0.05, 0.1) is 0 Å². The average Bonchev–Trinajstić information content (AvgIpc) is 2.22. The van der Waals surface area contributed by atoms with E-state index in [4.69, 9.17) is 10.2 Å². The Balaban J connectivity index is 3.24. The van der Waals surface area contributed by atoms with E-state index in [0.717, 1.165) is 19.3 Å². The standard InChI is InChI=1S/C12H26O2/c1-2-3-4-5-6-8-12(11-14)9-7-10-13/h12-14H,2-11H2,1H3/t12-/m1/s1. The first-order valence-corrected chi connectivity index (χ1v) is 6.06. The summed E-state index contributed by atoms with van der Waals surface area (Å²) in [5.74, 6) is 0.420. The summed E-state index contributed by atoms with van der Waals surface area (Å²) in [6, 6.07) is 0. The fourth-order valence-corrected chi connectivity index (χ4v) is 1.74. The summed E-state index contributed by atoms with van der Waals surface area (Å²) in [6.07, 6.45) is 9.41. The first kappa shape index (κ1) is 13.9. The Labute approximate surface area is 88.3 Å². The van der Waals surface area contributed by atoms with Crippen molar-refractivity contribution in [3.63, 3.8) is 0 Å². The van der Waals surface area contributed by atoms with Gasteiger partial charge in [0.25, 0.3) is 0 Å². The van der Waals surface area contributed by atoms with Crippen LogP contribution in [0, 0.1) is 5.92 Å². The minimum Gasteiger partial charge on any atom is -0.396 e. The topological polar surface area (TPSA) is 40.5 Å². The monoisotopic (exact) mass is 202 g/mol. The van der Waals surface area contributed by atoms with Gasteiger partial charge in [0, 0.05) is 13.2 Å². The van der Waals surface area contributed by atoms with Gasteiger partial charge in [0.2, 0.25) is 0 Å². The lowest BCUT2D eigenvalue weighted by molar-refractivity contribution is 0.191. The highest BCUT2D eigenvalue weighted by atomic mass is 16.3. The predicted molar refractivity (Wildman–Crippen MR) is 60.3 cm³/mol. The Kier molecular flexibility index (Phi) is 10.9. The first-order chi connectivity index (χ1) is 6.85. The Hall–Kier alpha value is -0.0800. The van der Waals surface area contributed by atoms with Gasteiger partial charge in [-0.1, -0.05) is 39.0 Å². The summed E-state index contributed by atoms with van der Waals surface area (Å²) in [7, 11) is 0. The van der Waals surface area contributed by atoms with Gasteiger partial charge in [-0.05, 0) is 25.2 Å². The first-order valence-electron chi connectivity index (χ1n) is 6.06. The zero-order chi connectivity index (χ0) is 10.6. The Morgan fingerprint density at radius 1 is 0.857 bits per heavy atom. The molecule has 0 unspecified atom stereocenters. The molecule has 0 aromatic heterocycles. The van der Waals surface area contributed by atoms with Crippen LogP contribution < -0.4 is 0 Å². The second kappa shape index (κ2) is 11.0. The SMILES string of the molecule is CCCCCCC[C@@H](CO)CCCO. The van der Waals surface area contributed by atoms with Crippen molar-refractivity contribution in [3.8, 4) is 0 Å². The average molecular weight is 202 g/mol. The van der Waals surface area contributed by atoms with E-state index >= 15 is 0 Å². The minimum absolute atomic E-state index is 0.256. The number of hydrogen-bond acceptors (Lipinski definition) is 2. The van der Waals surface area contributed by atoms with Gasteiger partial charge < -0.3 is 10.2 Å². The predicted octanol–water partition coefficient (Wildman–Crippen LogP) is 2.73. The lowest BCUT2D eigenvalue weighted by atomic mass is 9.97. The fourth-order valence-electron chi connectivity index (χ4n) is 1.74. The molecule has 0 aromatic rings. The van der Waals surface area contributed by atoms with Crippen molar-refractivity contribution in [3.05, 3.63) is 0 Å². The van der Waals surface area contributed by atoms with Crippen LogP contribution >= 0.6 is 0 Å². The highest BCUT2D eigenvalue weighted by Gasteiger charge is 2.05. The van der Waals surface area contributed by atoms with Gasteiger partial charge in [-0.25, -0.2) is 0 Å². The summed E-state index contributed by atoms with van der Waals surface area (Å²) >= 11 is 0. The fraction of sp³-hybridized carbons (Fsp3) is 1.00. The van der Waals surface area contributed by atoms with Crippen molar-refractivity contribution in [2.45, 2.75) is 58.3 Å². The van der Waals surface area contributed by atoms with E-state index in [0.29, 0.717) is 5.92 Å². The van der Waals surface area contributed by atoms with Crippen molar-refractivity contribution in [2.75, 3.05) is 13.2 Å². The summed E-state index contributed by atoms with van der Waals surface area (Å²) in [5.41, 5.74) is 0. The molecular weight excluding hydrogens is 176 g/mol. The Morgan fingerprint density at radius 3 is 2.07 bits per heavy atom. The molecule has 2 nitrogen and oxygen atoms in total. The van der Waals surface area contributed by atoms with Gasteiger partial charge in [0.15, 0.2) is 0 Å². The lowest BCUT2D eigenvalue weighted by Crippen LogP contribution is -2.06. The third kappa shape index (κ3) is 8.52. The van der Waals surface area contributed by atoms with Crippen molar-refractivity contribution in [1.82, 2.24) is 0 Å². The van der Waals surface area contributed by atoms with E-state index in [2.05, 4.69) is 6.92 Å². The third-order valence-corrected chi connectivity index (χ3v) is 2.74. The van der Waals surface area contributed by atoms with Crippen LogP contribution in [0.2, 0.25) is 0 Å². The number of aliphatic hydroxyl groups is 2. The van der Waals surface area contributed by atoms with Crippen molar-refractivity contribution >= 4 is 0 Å². The summed E-state index contributed by atoms with van der Waals surface area (Å²) < 4.78 is 0. The summed E-state index contributed by atoms with van der Waals surface area (Å²) in [4.78, 5) is 0. The molecule has 0 aromatic carbocycles. The van der Waals surface area contributed by atoms with Gasteiger partial charge in [-0.15, -0.1) is 0 Å². The third-order valence-electron chi connectivity index (χ3n) is 2.74. The highest BCUT2D eigenvalue weighted by molar-refractivity contribution is 4.58. The van der Waals surface area contributed by atoms with Crippen LogP contribution in [-0.4, -0.2) is 23.4 Å². The van der Waals surface area contributed by atoms with Crippen molar-refractivity contribution in [1.29, 1.82) is 0 Å². The van der Waals surface area contributed by atoms with E-state index in [1.54, 1.807) is 0 Å². The maximum atomic E-state index is 9.07. The van der Waals surface area contributed by atoms with Crippen molar-refractivity contribution < 1.29 is 10.2 Å². The van der Waals surface area contributed by atoms with Crippen LogP contribution in [0.4, 0.5) is 0 Å². The quantitative estimate of drug-likeness (QED) is 0.535. The molecule has 86 valence electrons. The molecule has 0 radical (unpaired) electrons. The molecule has 0 saturated carbocycles. The molecule has 0 amide bonds. The molecular formula is C12H26O2. The van der Waals surface area contributed by atoms with Gasteiger partial charge >= 0.3 is 0 Å². The van der Waals surface area contributed by atoms with Crippen LogP contribution in [0.5, 0.6) is 0 Å². The molecule has 1 atom stereocenters. The molecule has 0 bridgehead atoms. The Bertz CT molecular complexity index is 104. The second-order valence-corrected chi connectivity index (χ2v) is 4.12.